The smallest absolute Gasteiger partial charge is 0.309 e. The number of hydrogen-bond acceptors (Lipinski definition) is 3. The maximum absolute atomic E-state index is 12.6. The van der Waals surface area contributed by atoms with Crippen molar-refractivity contribution in [2.75, 3.05) is 19.7 Å². The first-order valence-corrected chi connectivity index (χ1v) is 11.1. The molecular formula is C22H32BrNO3. The van der Waals surface area contributed by atoms with Crippen LogP contribution in [0.5, 0.6) is 0 Å². The van der Waals surface area contributed by atoms with Crippen LogP contribution in [0.25, 0.3) is 0 Å². The van der Waals surface area contributed by atoms with E-state index in [2.05, 4.69) is 22.9 Å². The zero-order chi connectivity index (χ0) is 19.5. The second-order valence-corrected chi connectivity index (χ2v) is 8.28. The van der Waals surface area contributed by atoms with Gasteiger partial charge in [0.25, 0.3) is 5.91 Å². The van der Waals surface area contributed by atoms with Crippen molar-refractivity contribution in [2.24, 2.45) is 5.92 Å². The third-order valence-electron chi connectivity index (χ3n) is 5.18. The summed E-state index contributed by atoms with van der Waals surface area (Å²) in [6.45, 7) is 3.98. The minimum atomic E-state index is -0.0875. The van der Waals surface area contributed by atoms with Crippen LogP contribution in [0.3, 0.4) is 0 Å². The maximum Gasteiger partial charge on any atom is 0.309 e. The molecule has 5 heteroatoms. The third-order valence-corrected chi connectivity index (χ3v) is 5.67. The molecule has 1 fully saturated rings. The van der Waals surface area contributed by atoms with Crippen LogP contribution in [0.2, 0.25) is 0 Å². The fraction of sp³-hybridized carbons (Fsp3) is 0.636. The lowest BCUT2D eigenvalue weighted by atomic mass is 9.96. The highest BCUT2D eigenvalue weighted by Crippen LogP contribution is 2.21. The lowest BCUT2D eigenvalue weighted by molar-refractivity contribution is -0.150. The number of benzene rings is 1. The lowest BCUT2D eigenvalue weighted by Crippen LogP contribution is -2.40. The highest BCUT2D eigenvalue weighted by Gasteiger charge is 2.28. The normalized spacial score (nSPS) is 15.0. The van der Waals surface area contributed by atoms with Crippen LogP contribution in [-0.4, -0.2) is 36.5 Å². The molecule has 0 N–H and O–H groups in total. The van der Waals surface area contributed by atoms with Crippen molar-refractivity contribution in [1.29, 1.82) is 0 Å². The standard InChI is InChI=1S/C22H32BrNO3/c1-2-3-4-5-6-7-8-16-27-22(26)18-12-14-24(15-13-18)21(25)19-10-9-11-20(23)17-19/h9-11,17-18H,2-8,12-16H2,1H3. The maximum atomic E-state index is 12.6. The van der Waals surface area contributed by atoms with Gasteiger partial charge in [-0.05, 0) is 37.5 Å². The summed E-state index contributed by atoms with van der Waals surface area (Å²) in [7, 11) is 0. The van der Waals surface area contributed by atoms with Gasteiger partial charge in [-0.25, -0.2) is 0 Å². The molecule has 0 atom stereocenters. The highest BCUT2D eigenvalue weighted by atomic mass is 79.9. The zero-order valence-corrected chi connectivity index (χ0v) is 18.0. The molecule has 2 rings (SSSR count). The number of nitrogens with zero attached hydrogens (tertiary/aromatic N) is 1. The van der Waals surface area contributed by atoms with Crippen molar-refractivity contribution in [3.8, 4) is 0 Å². The summed E-state index contributed by atoms with van der Waals surface area (Å²) < 4.78 is 6.36. The minimum absolute atomic E-state index is 0.0335. The molecule has 1 aliphatic heterocycles. The Bertz CT molecular complexity index is 597. The number of carbonyl (C=O) groups excluding carboxylic acids is 2. The molecular weight excluding hydrogens is 406 g/mol. The molecule has 0 spiro atoms. The molecule has 0 aliphatic carbocycles. The van der Waals surface area contributed by atoms with Gasteiger partial charge < -0.3 is 9.64 Å². The van der Waals surface area contributed by atoms with Crippen molar-refractivity contribution in [3.05, 3.63) is 34.3 Å². The number of hydrogen-bond donors (Lipinski definition) is 0. The van der Waals surface area contributed by atoms with Gasteiger partial charge in [-0.15, -0.1) is 0 Å². The fourth-order valence-electron chi connectivity index (χ4n) is 3.47. The van der Waals surface area contributed by atoms with E-state index in [1.165, 1.54) is 32.1 Å². The van der Waals surface area contributed by atoms with Crippen molar-refractivity contribution >= 4 is 27.8 Å². The number of halogens is 1. The van der Waals surface area contributed by atoms with E-state index in [0.717, 1.165) is 17.3 Å². The first-order valence-electron chi connectivity index (χ1n) is 10.3. The van der Waals surface area contributed by atoms with E-state index in [4.69, 9.17) is 4.74 Å². The van der Waals surface area contributed by atoms with Crippen molar-refractivity contribution in [2.45, 2.75) is 64.7 Å². The monoisotopic (exact) mass is 437 g/mol. The van der Waals surface area contributed by atoms with E-state index < -0.39 is 0 Å². The van der Waals surface area contributed by atoms with E-state index in [1.807, 2.05) is 29.2 Å². The number of unbranched alkanes of at least 4 members (excludes halogenated alkanes) is 6. The summed E-state index contributed by atoms with van der Waals surface area (Å²) in [4.78, 5) is 26.6. The average Bonchev–Trinajstić information content (AvgIpc) is 2.69. The van der Waals surface area contributed by atoms with Crippen molar-refractivity contribution in [1.82, 2.24) is 4.90 Å². The van der Waals surface area contributed by atoms with Gasteiger partial charge in [-0.2, -0.15) is 0 Å². The Morgan fingerprint density at radius 2 is 1.74 bits per heavy atom. The fourth-order valence-corrected chi connectivity index (χ4v) is 3.87. The van der Waals surface area contributed by atoms with Crippen LogP contribution in [0.4, 0.5) is 0 Å². The van der Waals surface area contributed by atoms with Crippen LogP contribution < -0.4 is 0 Å². The third kappa shape index (κ3) is 7.65. The number of piperidine rings is 1. The predicted octanol–water partition coefficient (Wildman–Crippen LogP) is 5.60. The Kier molecular flexibility index (Phi) is 9.89. The van der Waals surface area contributed by atoms with Crippen molar-refractivity contribution < 1.29 is 14.3 Å². The van der Waals surface area contributed by atoms with Crippen LogP contribution in [0.15, 0.2) is 28.7 Å². The Labute approximate surface area is 171 Å². The Morgan fingerprint density at radius 1 is 1.07 bits per heavy atom. The van der Waals surface area contributed by atoms with Gasteiger partial charge >= 0.3 is 5.97 Å². The predicted molar refractivity (Wildman–Crippen MR) is 112 cm³/mol. The summed E-state index contributed by atoms with van der Waals surface area (Å²) in [5.74, 6) is -0.122. The van der Waals surface area contributed by atoms with E-state index in [1.54, 1.807) is 0 Å². The summed E-state index contributed by atoms with van der Waals surface area (Å²) >= 11 is 3.40. The molecule has 0 bridgehead atoms. The molecule has 1 amide bonds. The largest absolute Gasteiger partial charge is 0.465 e. The van der Waals surface area contributed by atoms with E-state index >= 15 is 0 Å². The van der Waals surface area contributed by atoms with Gasteiger partial charge in [0.2, 0.25) is 0 Å². The quantitative estimate of drug-likeness (QED) is 0.353. The summed E-state index contributed by atoms with van der Waals surface area (Å²) in [5, 5.41) is 0. The molecule has 1 aromatic carbocycles. The number of likely N-dealkylation sites (tertiary alicyclic amines) is 1. The van der Waals surface area contributed by atoms with E-state index in [9.17, 15) is 9.59 Å². The van der Waals surface area contributed by atoms with E-state index in [-0.39, 0.29) is 17.8 Å². The van der Waals surface area contributed by atoms with Gasteiger partial charge in [-0.3, -0.25) is 9.59 Å². The van der Waals surface area contributed by atoms with Gasteiger partial charge in [-0.1, -0.05) is 67.4 Å². The molecule has 4 nitrogen and oxygen atoms in total. The molecule has 1 heterocycles. The Balaban J connectivity index is 1.62. The Morgan fingerprint density at radius 3 is 2.41 bits per heavy atom. The summed E-state index contributed by atoms with van der Waals surface area (Å²) in [5.41, 5.74) is 0.685. The van der Waals surface area contributed by atoms with Crippen LogP contribution in [-0.2, 0) is 9.53 Å². The van der Waals surface area contributed by atoms with Gasteiger partial charge in [0.05, 0.1) is 12.5 Å². The van der Waals surface area contributed by atoms with Gasteiger partial charge in [0, 0.05) is 23.1 Å². The minimum Gasteiger partial charge on any atom is -0.465 e. The SMILES string of the molecule is CCCCCCCCCOC(=O)C1CCN(C(=O)c2cccc(Br)c2)CC1. The summed E-state index contributed by atoms with van der Waals surface area (Å²) in [6, 6.07) is 7.44. The van der Waals surface area contributed by atoms with Crippen LogP contribution in [0.1, 0.15) is 75.1 Å². The molecule has 27 heavy (non-hydrogen) atoms. The first kappa shape index (κ1) is 21.9. The lowest BCUT2D eigenvalue weighted by Gasteiger charge is -2.31. The first-order chi connectivity index (χ1) is 13.1. The Hall–Kier alpha value is -1.36. The number of amides is 1. The van der Waals surface area contributed by atoms with Gasteiger partial charge in [0.15, 0.2) is 0 Å². The topological polar surface area (TPSA) is 46.6 Å². The number of esters is 1. The second-order valence-electron chi connectivity index (χ2n) is 7.37. The summed E-state index contributed by atoms with van der Waals surface area (Å²) in [6.07, 6.45) is 9.88. The number of ether oxygens (including phenoxy) is 1. The molecule has 1 aromatic rings. The molecule has 150 valence electrons. The van der Waals surface area contributed by atoms with Gasteiger partial charge in [0.1, 0.15) is 0 Å². The van der Waals surface area contributed by atoms with Crippen LogP contribution >= 0.6 is 15.9 Å². The number of rotatable bonds is 10. The molecule has 0 radical (unpaired) electrons. The van der Waals surface area contributed by atoms with Crippen molar-refractivity contribution in [3.63, 3.8) is 0 Å². The molecule has 0 saturated carbocycles. The molecule has 0 unspecified atom stereocenters. The average molecular weight is 438 g/mol. The van der Waals surface area contributed by atoms with E-state index in [0.29, 0.717) is 38.1 Å². The molecule has 0 aromatic heterocycles. The molecule has 1 saturated heterocycles. The zero-order valence-electron chi connectivity index (χ0n) is 16.4. The second kappa shape index (κ2) is 12.2. The number of carbonyl (C=O) groups is 2. The highest BCUT2D eigenvalue weighted by molar-refractivity contribution is 9.10. The molecule has 1 aliphatic rings. The van der Waals surface area contributed by atoms with Crippen LogP contribution in [0, 0.1) is 5.92 Å².